The fourth-order valence-corrected chi connectivity index (χ4v) is 3.78. The molecule has 0 bridgehead atoms. The second-order valence-corrected chi connectivity index (χ2v) is 8.77. The van der Waals surface area contributed by atoms with Gasteiger partial charge in [-0.05, 0) is 42.0 Å². The Hall–Kier alpha value is -5.12. The minimum Gasteiger partial charge on any atom is -0.489 e. The summed E-state index contributed by atoms with van der Waals surface area (Å²) in [6.45, 7) is 3.70. The highest BCUT2D eigenvalue weighted by molar-refractivity contribution is 5.66. The third kappa shape index (κ3) is 7.63. The third-order valence-electron chi connectivity index (χ3n) is 5.62. The molecule has 0 aliphatic heterocycles. The van der Waals surface area contributed by atoms with Gasteiger partial charge in [-0.2, -0.15) is 8.78 Å². The molecular weight excluding hydrogens is 610 g/mol. The van der Waals surface area contributed by atoms with E-state index in [0.29, 0.717) is 29.0 Å². The van der Waals surface area contributed by atoms with Gasteiger partial charge in [-0.15, -0.1) is 13.2 Å². The summed E-state index contributed by atoms with van der Waals surface area (Å²) in [5.41, 5.74) is -1.27. The van der Waals surface area contributed by atoms with Gasteiger partial charge in [0.25, 0.3) is 0 Å². The minimum atomic E-state index is -5.50. The van der Waals surface area contributed by atoms with E-state index in [0.717, 1.165) is 0 Å². The standard InChI is InChI=1S/C31H16F10O3/c1-2-11-42-20-9-10-22(23(32)14-20)19-7-5-17(6-8-19)3-4-18-12-24(33)28(25(34)13-18)30(37,38)43-21-15-26(35)29(27(36)16-21)44-31(39,40)41/h2,5-10,12-16H,1,11H2. The van der Waals surface area contributed by atoms with E-state index in [1.165, 1.54) is 42.5 Å². The zero-order chi connectivity index (χ0) is 32.2. The monoisotopic (exact) mass is 626 g/mol. The van der Waals surface area contributed by atoms with Crippen LogP contribution in [-0.4, -0.2) is 13.0 Å². The first-order valence-corrected chi connectivity index (χ1v) is 12.1. The van der Waals surface area contributed by atoms with Crippen molar-refractivity contribution in [2.24, 2.45) is 0 Å². The van der Waals surface area contributed by atoms with Gasteiger partial charge in [-0.25, -0.2) is 22.0 Å². The summed E-state index contributed by atoms with van der Waals surface area (Å²) in [5, 5.41) is 0. The van der Waals surface area contributed by atoms with Crippen molar-refractivity contribution in [3.63, 3.8) is 0 Å². The lowest BCUT2D eigenvalue weighted by molar-refractivity contribution is -0.276. The summed E-state index contributed by atoms with van der Waals surface area (Å²) in [6.07, 6.45) is -8.86. The van der Waals surface area contributed by atoms with Crippen molar-refractivity contribution >= 4 is 0 Å². The molecule has 3 nitrogen and oxygen atoms in total. The maximum Gasteiger partial charge on any atom is 0.573 e. The highest BCUT2D eigenvalue weighted by Gasteiger charge is 2.42. The molecule has 0 amide bonds. The summed E-state index contributed by atoms with van der Waals surface area (Å²) in [7, 11) is 0. The van der Waals surface area contributed by atoms with Crippen LogP contribution < -0.4 is 14.2 Å². The van der Waals surface area contributed by atoms with Crippen LogP contribution >= 0.6 is 0 Å². The van der Waals surface area contributed by atoms with Crippen molar-refractivity contribution in [2.45, 2.75) is 12.5 Å². The molecule has 0 heterocycles. The predicted octanol–water partition coefficient (Wildman–Crippen LogP) is 9.04. The molecule has 0 unspecified atom stereocenters. The topological polar surface area (TPSA) is 27.7 Å². The largest absolute Gasteiger partial charge is 0.573 e. The van der Waals surface area contributed by atoms with E-state index in [9.17, 15) is 43.9 Å². The summed E-state index contributed by atoms with van der Waals surface area (Å²) in [6, 6.07) is 11.0. The highest BCUT2D eigenvalue weighted by atomic mass is 19.4. The summed E-state index contributed by atoms with van der Waals surface area (Å²) < 4.78 is 150. The predicted molar refractivity (Wildman–Crippen MR) is 137 cm³/mol. The second kappa shape index (κ2) is 12.6. The van der Waals surface area contributed by atoms with Crippen LogP contribution in [0.25, 0.3) is 11.1 Å². The molecule has 0 radical (unpaired) electrons. The Bertz CT molecular complexity index is 1710. The van der Waals surface area contributed by atoms with Crippen molar-refractivity contribution in [3.8, 4) is 40.2 Å². The summed E-state index contributed by atoms with van der Waals surface area (Å²) in [5.74, 6) is -6.44. The normalized spacial score (nSPS) is 11.4. The van der Waals surface area contributed by atoms with Crippen molar-refractivity contribution in [3.05, 3.63) is 125 Å². The number of halogens is 10. The fraction of sp³-hybridized carbons (Fsp3) is 0.0968. The van der Waals surface area contributed by atoms with E-state index in [2.05, 4.69) is 27.9 Å². The van der Waals surface area contributed by atoms with Crippen LogP contribution in [0.5, 0.6) is 17.2 Å². The number of hydrogen-bond acceptors (Lipinski definition) is 3. The van der Waals surface area contributed by atoms with E-state index in [-0.39, 0.29) is 29.9 Å². The Morgan fingerprint density at radius 2 is 1.20 bits per heavy atom. The van der Waals surface area contributed by atoms with Gasteiger partial charge in [-0.3, -0.25) is 0 Å². The van der Waals surface area contributed by atoms with E-state index in [1.807, 2.05) is 0 Å². The van der Waals surface area contributed by atoms with Gasteiger partial charge >= 0.3 is 12.5 Å². The van der Waals surface area contributed by atoms with Crippen LogP contribution in [0.15, 0.2) is 79.4 Å². The van der Waals surface area contributed by atoms with Crippen LogP contribution in [0.1, 0.15) is 16.7 Å². The maximum atomic E-state index is 14.6. The molecule has 0 aliphatic rings. The lowest BCUT2D eigenvalue weighted by atomic mass is 10.0. The number of alkyl halides is 5. The van der Waals surface area contributed by atoms with Gasteiger partial charge in [-0.1, -0.05) is 36.6 Å². The Labute approximate surface area is 242 Å². The number of benzene rings is 4. The molecule has 228 valence electrons. The first-order valence-electron chi connectivity index (χ1n) is 12.1. The number of ether oxygens (including phenoxy) is 3. The van der Waals surface area contributed by atoms with E-state index in [1.54, 1.807) is 6.07 Å². The lowest BCUT2D eigenvalue weighted by Gasteiger charge is -2.20. The average molecular weight is 626 g/mol. The van der Waals surface area contributed by atoms with Crippen molar-refractivity contribution in [1.29, 1.82) is 0 Å². The minimum absolute atomic E-state index is 0.0821. The first-order chi connectivity index (χ1) is 20.7. The van der Waals surface area contributed by atoms with Gasteiger partial charge in [0.15, 0.2) is 11.6 Å². The summed E-state index contributed by atoms with van der Waals surface area (Å²) >= 11 is 0. The first kappa shape index (κ1) is 31.8. The SMILES string of the molecule is C=CCOc1ccc(-c2ccc(C#Cc3cc(F)c(C(F)(F)Oc4cc(F)c(OC(F)(F)F)c(F)c4)c(F)c3)cc2)c(F)c1. The molecule has 0 saturated heterocycles. The molecule has 0 aliphatic carbocycles. The number of hydrogen-bond donors (Lipinski definition) is 0. The van der Waals surface area contributed by atoms with Crippen LogP contribution in [0.4, 0.5) is 43.9 Å². The molecule has 0 spiro atoms. The quantitative estimate of drug-likeness (QED) is 0.111. The van der Waals surface area contributed by atoms with Gasteiger partial charge < -0.3 is 14.2 Å². The average Bonchev–Trinajstić information content (AvgIpc) is 2.92. The molecule has 4 rings (SSSR count). The molecule has 4 aromatic carbocycles. The van der Waals surface area contributed by atoms with E-state index >= 15 is 0 Å². The smallest absolute Gasteiger partial charge is 0.489 e. The molecule has 0 saturated carbocycles. The maximum absolute atomic E-state index is 14.6. The molecule has 0 fully saturated rings. The molecule has 0 atom stereocenters. The van der Waals surface area contributed by atoms with Crippen LogP contribution in [-0.2, 0) is 6.11 Å². The molecule has 44 heavy (non-hydrogen) atoms. The number of rotatable bonds is 8. The van der Waals surface area contributed by atoms with Crippen LogP contribution in [0.2, 0.25) is 0 Å². The van der Waals surface area contributed by atoms with Gasteiger partial charge in [0.05, 0.1) is 0 Å². The Balaban J connectivity index is 1.52. The van der Waals surface area contributed by atoms with Gasteiger partial charge in [0.1, 0.15) is 41.1 Å². The highest BCUT2D eigenvalue weighted by Crippen LogP contribution is 2.38. The summed E-state index contributed by atoms with van der Waals surface area (Å²) in [4.78, 5) is 0. The zero-order valence-corrected chi connectivity index (χ0v) is 21.8. The second-order valence-electron chi connectivity index (χ2n) is 8.77. The Kier molecular flexibility index (Phi) is 9.13. The van der Waals surface area contributed by atoms with Crippen molar-refractivity contribution in [2.75, 3.05) is 6.61 Å². The zero-order valence-electron chi connectivity index (χ0n) is 21.8. The Morgan fingerprint density at radius 3 is 1.75 bits per heavy atom. The van der Waals surface area contributed by atoms with E-state index in [4.69, 9.17) is 4.74 Å². The van der Waals surface area contributed by atoms with E-state index < -0.39 is 58.6 Å². The molecule has 4 aromatic rings. The van der Waals surface area contributed by atoms with Gasteiger partial charge in [0, 0.05) is 34.9 Å². The lowest BCUT2D eigenvalue weighted by Crippen LogP contribution is -2.25. The molecular formula is C31H16F10O3. The Morgan fingerprint density at radius 1 is 0.636 bits per heavy atom. The third-order valence-corrected chi connectivity index (χ3v) is 5.62. The van der Waals surface area contributed by atoms with Crippen LogP contribution in [0.3, 0.4) is 0 Å². The molecule has 13 heteroatoms. The van der Waals surface area contributed by atoms with Crippen molar-refractivity contribution in [1.82, 2.24) is 0 Å². The molecule has 0 N–H and O–H groups in total. The molecule has 0 aromatic heterocycles. The fourth-order valence-electron chi connectivity index (χ4n) is 3.78. The van der Waals surface area contributed by atoms with Crippen molar-refractivity contribution < 1.29 is 58.1 Å². The van der Waals surface area contributed by atoms with Gasteiger partial charge in [0.2, 0.25) is 5.75 Å². The van der Waals surface area contributed by atoms with Crippen LogP contribution in [0, 0.1) is 40.9 Å².